The van der Waals surface area contributed by atoms with Crippen molar-refractivity contribution in [2.45, 2.75) is 39.7 Å². The maximum atomic E-state index is 4.74. The van der Waals surface area contributed by atoms with E-state index >= 15 is 0 Å². The molecular formula is C20H33IN6. The van der Waals surface area contributed by atoms with Crippen LogP contribution in [-0.4, -0.2) is 59.7 Å². The Morgan fingerprint density at radius 3 is 2.67 bits per heavy atom. The minimum Gasteiger partial charge on any atom is -0.357 e. The largest absolute Gasteiger partial charge is 0.357 e. The highest BCUT2D eigenvalue weighted by molar-refractivity contribution is 14.0. The van der Waals surface area contributed by atoms with Gasteiger partial charge in [-0.3, -0.25) is 4.99 Å². The molecule has 2 heterocycles. The number of aryl methyl sites for hydroxylation is 1. The van der Waals surface area contributed by atoms with Crippen LogP contribution in [0.5, 0.6) is 0 Å². The van der Waals surface area contributed by atoms with E-state index in [0.717, 1.165) is 50.0 Å². The Kier molecular flexibility index (Phi) is 9.33. The van der Waals surface area contributed by atoms with Crippen molar-refractivity contribution < 1.29 is 0 Å². The Hall–Kier alpha value is -1.35. The highest BCUT2D eigenvalue weighted by atomic mass is 127. The van der Waals surface area contributed by atoms with Crippen molar-refractivity contribution in [3.8, 4) is 0 Å². The third-order valence-corrected chi connectivity index (χ3v) is 4.95. The van der Waals surface area contributed by atoms with Gasteiger partial charge in [-0.05, 0) is 51.9 Å². The first-order chi connectivity index (χ1) is 12.8. The summed E-state index contributed by atoms with van der Waals surface area (Å²) in [7, 11) is 0. The Bertz CT molecular complexity index is 720. The number of piperidine rings is 1. The highest BCUT2D eigenvalue weighted by Gasteiger charge is 2.09. The number of nitrogens with zero attached hydrogens (tertiary/aromatic N) is 4. The molecule has 6 nitrogen and oxygen atoms in total. The first kappa shape index (κ1) is 21.9. The summed E-state index contributed by atoms with van der Waals surface area (Å²) in [6, 6.07) is 8.31. The van der Waals surface area contributed by atoms with Crippen LogP contribution in [-0.2, 0) is 6.54 Å². The normalized spacial score (nSPS) is 15.6. The standard InChI is InChI=1S/C20H32N6.HI/c1-3-21-20(22-11-15-25-13-7-4-8-14-25)23-12-16-26-17(2)24-18-9-5-6-10-19(18)26;/h5-6,9-10H,3-4,7-8,11-16H2,1-2H3,(H2,21,22,23);1H. The molecule has 1 aromatic carbocycles. The number of hydrogen-bond acceptors (Lipinski definition) is 3. The predicted octanol–water partition coefficient (Wildman–Crippen LogP) is 3.00. The van der Waals surface area contributed by atoms with E-state index in [-0.39, 0.29) is 24.0 Å². The number of rotatable bonds is 7. The van der Waals surface area contributed by atoms with E-state index in [1.165, 1.54) is 37.9 Å². The topological polar surface area (TPSA) is 57.5 Å². The molecule has 1 saturated heterocycles. The number of likely N-dealkylation sites (tertiary alicyclic amines) is 1. The average Bonchev–Trinajstić information content (AvgIpc) is 2.98. The molecule has 0 radical (unpaired) electrons. The van der Waals surface area contributed by atoms with Gasteiger partial charge in [0.15, 0.2) is 5.96 Å². The molecular weight excluding hydrogens is 451 g/mol. The molecule has 3 rings (SSSR count). The second kappa shape index (κ2) is 11.5. The molecule has 27 heavy (non-hydrogen) atoms. The quantitative estimate of drug-likeness (QED) is 0.361. The van der Waals surface area contributed by atoms with Gasteiger partial charge in [0.1, 0.15) is 5.82 Å². The zero-order valence-corrected chi connectivity index (χ0v) is 18.9. The molecule has 150 valence electrons. The number of halogens is 1. The van der Waals surface area contributed by atoms with Crippen molar-refractivity contribution >= 4 is 41.0 Å². The summed E-state index contributed by atoms with van der Waals surface area (Å²) in [5.41, 5.74) is 2.26. The van der Waals surface area contributed by atoms with Crippen LogP contribution in [0.15, 0.2) is 29.3 Å². The molecule has 1 aliphatic heterocycles. The Labute approximate surface area is 179 Å². The summed E-state index contributed by atoms with van der Waals surface area (Å²) in [5.74, 6) is 1.96. The number of nitrogens with one attached hydrogen (secondary N) is 2. The van der Waals surface area contributed by atoms with E-state index < -0.39 is 0 Å². The van der Waals surface area contributed by atoms with Crippen LogP contribution >= 0.6 is 24.0 Å². The number of benzene rings is 1. The average molecular weight is 484 g/mol. The van der Waals surface area contributed by atoms with E-state index in [2.05, 4.69) is 57.1 Å². The van der Waals surface area contributed by atoms with Crippen molar-refractivity contribution in [1.82, 2.24) is 25.1 Å². The van der Waals surface area contributed by atoms with Crippen LogP contribution in [0.1, 0.15) is 32.0 Å². The van der Waals surface area contributed by atoms with Crippen LogP contribution in [0.3, 0.4) is 0 Å². The molecule has 0 saturated carbocycles. The summed E-state index contributed by atoms with van der Waals surface area (Å²) >= 11 is 0. The lowest BCUT2D eigenvalue weighted by atomic mass is 10.1. The van der Waals surface area contributed by atoms with Gasteiger partial charge < -0.3 is 20.1 Å². The smallest absolute Gasteiger partial charge is 0.191 e. The summed E-state index contributed by atoms with van der Waals surface area (Å²) < 4.78 is 2.26. The molecule has 0 amide bonds. The third-order valence-electron chi connectivity index (χ3n) is 4.95. The number of aliphatic imine (C=N–C) groups is 1. The maximum absolute atomic E-state index is 4.74. The molecule has 0 bridgehead atoms. The van der Waals surface area contributed by atoms with E-state index in [1.54, 1.807) is 0 Å². The van der Waals surface area contributed by atoms with Gasteiger partial charge in [-0.2, -0.15) is 0 Å². The van der Waals surface area contributed by atoms with Gasteiger partial charge in [0.05, 0.1) is 17.6 Å². The Balaban J connectivity index is 0.00000261. The van der Waals surface area contributed by atoms with E-state index in [9.17, 15) is 0 Å². The number of hydrogen-bond donors (Lipinski definition) is 2. The second-order valence-corrected chi connectivity index (χ2v) is 6.89. The van der Waals surface area contributed by atoms with Crippen LogP contribution in [0.2, 0.25) is 0 Å². The van der Waals surface area contributed by atoms with Gasteiger partial charge in [-0.15, -0.1) is 24.0 Å². The number of aromatic nitrogens is 2. The Morgan fingerprint density at radius 1 is 1.11 bits per heavy atom. The molecule has 7 heteroatoms. The van der Waals surface area contributed by atoms with Crippen molar-refractivity contribution in [3.63, 3.8) is 0 Å². The maximum Gasteiger partial charge on any atom is 0.191 e. The fourth-order valence-electron chi connectivity index (χ4n) is 3.59. The zero-order chi connectivity index (χ0) is 18.2. The van der Waals surface area contributed by atoms with Crippen LogP contribution in [0.4, 0.5) is 0 Å². The first-order valence-electron chi connectivity index (χ1n) is 9.94. The molecule has 1 fully saturated rings. The molecule has 0 spiro atoms. The SMILES string of the molecule is CCNC(=NCCN1CCCCC1)NCCn1c(C)nc2ccccc21.I. The first-order valence-corrected chi connectivity index (χ1v) is 9.94. The minimum absolute atomic E-state index is 0. The predicted molar refractivity (Wildman–Crippen MR) is 124 cm³/mol. The van der Waals surface area contributed by atoms with E-state index in [1.807, 2.05) is 6.07 Å². The number of para-hydroxylation sites is 2. The summed E-state index contributed by atoms with van der Waals surface area (Å²) in [6.07, 6.45) is 4.05. The van der Waals surface area contributed by atoms with Gasteiger partial charge in [0.2, 0.25) is 0 Å². The fourth-order valence-corrected chi connectivity index (χ4v) is 3.59. The van der Waals surface area contributed by atoms with Crippen molar-refractivity contribution in [2.24, 2.45) is 4.99 Å². The highest BCUT2D eigenvalue weighted by Crippen LogP contribution is 2.14. The van der Waals surface area contributed by atoms with Crippen LogP contribution in [0.25, 0.3) is 11.0 Å². The molecule has 2 N–H and O–H groups in total. The lowest BCUT2D eigenvalue weighted by Gasteiger charge is -2.25. The molecule has 2 aromatic rings. The lowest BCUT2D eigenvalue weighted by Crippen LogP contribution is -2.40. The van der Waals surface area contributed by atoms with Crippen molar-refractivity contribution in [3.05, 3.63) is 30.1 Å². The Morgan fingerprint density at radius 2 is 1.89 bits per heavy atom. The molecule has 1 aromatic heterocycles. The number of imidazole rings is 1. The van der Waals surface area contributed by atoms with Crippen LogP contribution in [0, 0.1) is 6.92 Å². The molecule has 0 unspecified atom stereocenters. The molecule has 1 aliphatic rings. The molecule has 0 aliphatic carbocycles. The monoisotopic (exact) mass is 484 g/mol. The zero-order valence-electron chi connectivity index (χ0n) is 16.6. The van der Waals surface area contributed by atoms with Gasteiger partial charge in [0.25, 0.3) is 0 Å². The molecule has 0 atom stereocenters. The lowest BCUT2D eigenvalue weighted by molar-refractivity contribution is 0.235. The number of guanidine groups is 1. The summed E-state index contributed by atoms with van der Waals surface area (Å²) in [6.45, 7) is 11.1. The number of fused-ring (bicyclic) bond motifs is 1. The third kappa shape index (κ3) is 6.34. The van der Waals surface area contributed by atoms with Crippen molar-refractivity contribution in [2.75, 3.05) is 39.3 Å². The van der Waals surface area contributed by atoms with E-state index in [0.29, 0.717) is 0 Å². The van der Waals surface area contributed by atoms with Gasteiger partial charge in [-0.25, -0.2) is 4.98 Å². The summed E-state index contributed by atoms with van der Waals surface area (Å²) in [5, 5.41) is 6.81. The van der Waals surface area contributed by atoms with Crippen molar-refractivity contribution in [1.29, 1.82) is 0 Å². The van der Waals surface area contributed by atoms with Gasteiger partial charge in [0, 0.05) is 26.2 Å². The fraction of sp³-hybridized carbons (Fsp3) is 0.600. The summed E-state index contributed by atoms with van der Waals surface area (Å²) in [4.78, 5) is 11.9. The van der Waals surface area contributed by atoms with E-state index in [4.69, 9.17) is 4.99 Å². The van der Waals surface area contributed by atoms with Gasteiger partial charge >= 0.3 is 0 Å². The second-order valence-electron chi connectivity index (χ2n) is 6.89. The minimum atomic E-state index is 0. The van der Waals surface area contributed by atoms with Crippen LogP contribution < -0.4 is 10.6 Å². The van der Waals surface area contributed by atoms with Gasteiger partial charge in [-0.1, -0.05) is 18.6 Å².